The number of carboxylic acid groups (broad SMARTS) is 1. The smallest absolute Gasteiger partial charge is 0.308 e. The van der Waals surface area contributed by atoms with Gasteiger partial charge in [-0.05, 0) is 19.3 Å². The van der Waals surface area contributed by atoms with Crippen LogP contribution in [0.4, 0.5) is 0 Å². The van der Waals surface area contributed by atoms with E-state index in [2.05, 4.69) is 0 Å². The Hall–Kier alpha value is -1.59. The molecule has 1 fully saturated rings. The molecule has 120 valence electrons. The van der Waals surface area contributed by atoms with Crippen LogP contribution in [0.5, 0.6) is 0 Å². The van der Waals surface area contributed by atoms with Crippen LogP contribution in [0.3, 0.4) is 0 Å². The maximum Gasteiger partial charge on any atom is 0.308 e. The van der Waals surface area contributed by atoms with E-state index in [1.165, 1.54) is 4.90 Å². The average molecular weight is 298 g/mol. The molecule has 1 N–H and O–H groups in total. The number of aliphatic carboxylic acids is 1. The van der Waals surface area contributed by atoms with Crippen LogP contribution in [0.2, 0.25) is 0 Å². The number of hydrogen-bond donors (Lipinski definition) is 1. The first-order chi connectivity index (χ1) is 9.75. The highest BCUT2D eigenvalue weighted by molar-refractivity contribution is 5.88. The molecule has 0 aromatic heterocycles. The second-order valence-electron chi connectivity index (χ2n) is 6.16. The van der Waals surface area contributed by atoms with Crippen molar-refractivity contribution in [3.05, 3.63) is 0 Å². The second kappa shape index (κ2) is 7.43. The van der Waals surface area contributed by atoms with Gasteiger partial charge in [0.15, 0.2) is 0 Å². The lowest BCUT2D eigenvalue weighted by atomic mass is 9.98. The van der Waals surface area contributed by atoms with Gasteiger partial charge in [-0.3, -0.25) is 14.4 Å². The molecule has 1 aliphatic heterocycles. The number of amides is 2. The maximum atomic E-state index is 12.5. The summed E-state index contributed by atoms with van der Waals surface area (Å²) in [5.74, 6) is -1.84. The minimum Gasteiger partial charge on any atom is -0.481 e. The van der Waals surface area contributed by atoms with Gasteiger partial charge in [-0.25, -0.2) is 0 Å². The first-order valence-electron chi connectivity index (χ1n) is 7.54. The highest BCUT2D eigenvalue weighted by atomic mass is 16.4. The fourth-order valence-corrected chi connectivity index (χ4v) is 2.62. The van der Waals surface area contributed by atoms with E-state index in [1.807, 2.05) is 13.8 Å². The fourth-order valence-electron chi connectivity index (χ4n) is 2.62. The largest absolute Gasteiger partial charge is 0.481 e. The Morgan fingerprint density at radius 2 is 1.86 bits per heavy atom. The summed E-state index contributed by atoms with van der Waals surface area (Å²) in [7, 11) is 1.61. The van der Waals surface area contributed by atoms with Crippen molar-refractivity contribution in [1.29, 1.82) is 0 Å². The predicted molar refractivity (Wildman–Crippen MR) is 78.6 cm³/mol. The van der Waals surface area contributed by atoms with Gasteiger partial charge in [0.05, 0.1) is 5.92 Å². The van der Waals surface area contributed by atoms with Crippen molar-refractivity contribution in [2.24, 2.45) is 11.8 Å². The van der Waals surface area contributed by atoms with Gasteiger partial charge in [0.2, 0.25) is 11.8 Å². The molecule has 1 rings (SSSR count). The molecule has 0 spiro atoms. The van der Waals surface area contributed by atoms with E-state index >= 15 is 0 Å². The van der Waals surface area contributed by atoms with E-state index < -0.39 is 17.9 Å². The molecule has 0 aromatic rings. The Morgan fingerprint density at radius 1 is 1.24 bits per heavy atom. The molecule has 2 amide bonds. The van der Waals surface area contributed by atoms with Crippen molar-refractivity contribution < 1.29 is 19.5 Å². The van der Waals surface area contributed by atoms with Crippen LogP contribution in [0.15, 0.2) is 0 Å². The van der Waals surface area contributed by atoms with E-state index in [9.17, 15) is 14.4 Å². The summed E-state index contributed by atoms with van der Waals surface area (Å²) in [6.07, 6.45) is 2.49. The zero-order chi connectivity index (χ0) is 16.2. The first-order valence-corrected chi connectivity index (χ1v) is 7.54. The molecule has 1 saturated heterocycles. The third-order valence-electron chi connectivity index (χ3n) is 3.91. The number of hydrogen-bond acceptors (Lipinski definition) is 3. The van der Waals surface area contributed by atoms with Crippen LogP contribution < -0.4 is 0 Å². The molecule has 1 aliphatic rings. The minimum atomic E-state index is -0.923. The number of carboxylic acids is 1. The molecule has 2 atom stereocenters. The zero-order valence-electron chi connectivity index (χ0n) is 13.3. The van der Waals surface area contributed by atoms with Crippen molar-refractivity contribution in [3.63, 3.8) is 0 Å². The number of likely N-dealkylation sites (tertiary alicyclic amines) is 1. The predicted octanol–water partition coefficient (Wildman–Crippen LogP) is 1.20. The molecule has 0 aliphatic carbocycles. The number of nitrogens with zero attached hydrogens (tertiary/aromatic N) is 2. The Kier molecular flexibility index (Phi) is 6.18. The van der Waals surface area contributed by atoms with E-state index in [0.29, 0.717) is 13.0 Å². The monoisotopic (exact) mass is 298 g/mol. The molecule has 1 heterocycles. The van der Waals surface area contributed by atoms with Gasteiger partial charge in [0.25, 0.3) is 0 Å². The standard InChI is InChI=1S/C15H26N2O4/c1-10(2)13(18)17-8-6-5-7-12(17)14(19)16(4)9-11(3)15(20)21/h10-12H,5-9H2,1-4H3,(H,20,21). The number of likely N-dealkylation sites (N-methyl/N-ethyl adjacent to an activating group) is 1. The SMILES string of the molecule is CC(C)C(=O)N1CCCCC1C(=O)N(C)CC(C)C(=O)O. The third-order valence-corrected chi connectivity index (χ3v) is 3.91. The molecular formula is C15H26N2O4. The Labute approximate surface area is 126 Å². The summed E-state index contributed by atoms with van der Waals surface area (Å²) in [5.41, 5.74) is 0. The lowest BCUT2D eigenvalue weighted by molar-refractivity contribution is -0.150. The molecule has 0 radical (unpaired) electrons. The van der Waals surface area contributed by atoms with Gasteiger partial charge in [0, 0.05) is 26.1 Å². The number of piperidine rings is 1. The van der Waals surface area contributed by atoms with Crippen molar-refractivity contribution >= 4 is 17.8 Å². The van der Waals surface area contributed by atoms with Crippen molar-refractivity contribution in [2.45, 2.75) is 46.1 Å². The summed E-state index contributed by atoms with van der Waals surface area (Å²) >= 11 is 0. The van der Waals surface area contributed by atoms with Crippen LogP contribution in [-0.4, -0.2) is 58.9 Å². The molecule has 6 nitrogen and oxygen atoms in total. The molecular weight excluding hydrogens is 272 g/mol. The Bertz CT molecular complexity index is 408. The highest BCUT2D eigenvalue weighted by Crippen LogP contribution is 2.21. The fraction of sp³-hybridized carbons (Fsp3) is 0.800. The van der Waals surface area contributed by atoms with E-state index in [1.54, 1.807) is 18.9 Å². The quantitative estimate of drug-likeness (QED) is 0.827. The van der Waals surface area contributed by atoms with Crippen LogP contribution in [0, 0.1) is 11.8 Å². The maximum absolute atomic E-state index is 12.5. The number of carbonyl (C=O) groups is 3. The first kappa shape index (κ1) is 17.5. The summed E-state index contributed by atoms with van der Waals surface area (Å²) in [6.45, 7) is 6.00. The number of carbonyl (C=O) groups excluding carboxylic acids is 2. The van der Waals surface area contributed by atoms with Crippen molar-refractivity contribution in [3.8, 4) is 0 Å². The van der Waals surface area contributed by atoms with E-state index in [0.717, 1.165) is 12.8 Å². The van der Waals surface area contributed by atoms with Gasteiger partial charge in [-0.15, -0.1) is 0 Å². The van der Waals surface area contributed by atoms with Gasteiger partial charge < -0.3 is 14.9 Å². The van der Waals surface area contributed by atoms with Gasteiger partial charge in [-0.2, -0.15) is 0 Å². The Balaban J connectivity index is 2.77. The Morgan fingerprint density at radius 3 is 2.38 bits per heavy atom. The van der Waals surface area contributed by atoms with E-state index in [-0.39, 0.29) is 24.3 Å². The molecule has 2 unspecified atom stereocenters. The molecule has 0 saturated carbocycles. The third kappa shape index (κ3) is 4.44. The van der Waals surface area contributed by atoms with Crippen molar-refractivity contribution in [2.75, 3.05) is 20.1 Å². The topological polar surface area (TPSA) is 77.9 Å². The summed E-state index contributed by atoms with van der Waals surface area (Å²) in [5, 5.41) is 8.93. The summed E-state index contributed by atoms with van der Waals surface area (Å²) < 4.78 is 0. The highest BCUT2D eigenvalue weighted by Gasteiger charge is 2.35. The molecule has 0 bridgehead atoms. The van der Waals surface area contributed by atoms with Crippen molar-refractivity contribution in [1.82, 2.24) is 9.80 Å². The average Bonchev–Trinajstić information content (AvgIpc) is 2.45. The normalized spacial score (nSPS) is 20.2. The summed E-state index contributed by atoms with van der Waals surface area (Å²) in [6, 6.07) is -0.445. The lowest BCUT2D eigenvalue weighted by Gasteiger charge is -2.38. The van der Waals surface area contributed by atoms with Crippen LogP contribution >= 0.6 is 0 Å². The van der Waals surface area contributed by atoms with Crippen LogP contribution in [0.25, 0.3) is 0 Å². The molecule has 0 aromatic carbocycles. The summed E-state index contributed by atoms with van der Waals surface area (Å²) in [4.78, 5) is 38.8. The molecule has 6 heteroatoms. The molecule has 21 heavy (non-hydrogen) atoms. The van der Waals surface area contributed by atoms with Gasteiger partial charge in [-0.1, -0.05) is 20.8 Å². The minimum absolute atomic E-state index is 0.00673. The second-order valence-corrected chi connectivity index (χ2v) is 6.16. The lowest BCUT2D eigenvalue weighted by Crippen LogP contribution is -2.54. The van der Waals surface area contributed by atoms with Gasteiger partial charge in [0.1, 0.15) is 6.04 Å². The van der Waals surface area contributed by atoms with Gasteiger partial charge >= 0.3 is 5.97 Å². The van der Waals surface area contributed by atoms with E-state index in [4.69, 9.17) is 5.11 Å². The zero-order valence-corrected chi connectivity index (χ0v) is 13.3. The van der Waals surface area contributed by atoms with Crippen LogP contribution in [0.1, 0.15) is 40.0 Å². The number of rotatable bonds is 5. The van der Waals surface area contributed by atoms with Crippen LogP contribution in [-0.2, 0) is 14.4 Å².